The number of hydrogen-bond acceptors (Lipinski definition) is 4. The zero-order chi connectivity index (χ0) is 13.8. The summed E-state index contributed by atoms with van der Waals surface area (Å²) in [5.41, 5.74) is 2.02. The molecule has 6 heteroatoms. The van der Waals surface area contributed by atoms with Gasteiger partial charge in [0.1, 0.15) is 6.07 Å². The molecule has 0 unspecified atom stereocenters. The number of pyridine rings is 1. The average molecular weight is 310 g/mol. The smallest absolute Gasteiger partial charge is 0.164 e. The topological polar surface area (TPSA) is 48.7 Å². The van der Waals surface area contributed by atoms with E-state index < -0.39 is 0 Å². The van der Waals surface area contributed by atoms with Gasteiger partial charge in [-0.05, 0) is 48.7 Å². The number of benzene rings is 1. The Morgan fingerprint density at radius 1 is 1.26 bits per heavy atom. The van der Waals surface area contributed by atoms with Gasteiger partial charge >= 0.3 is 0 Å². The van der Waals surface area contributed by atoms with Gasteiger partial charge in [-0.1, -0.05) is 23.2 Å². The van der Waals surface area contributed by atoms with Gasteiger partial charge in [0.2, 0.25) is 0 Å². The largest absolute Gasteiger partial charge is 0.323 e. The summed E-state index contributed by atoms with van der Waals surface area (Å²) >= 11 is 13.1. The maximum atomic E-state index is 8.99. The highest BCUT2D eigenvalue weighted by Gasteiger charge is 2.05. The van der Waals surface area contributed by atoms with Crippen LogP contribution in [-0.2, 0) is 0 Å². The number of nitrogens with zero attached hydrogens (tertiary/aromatic N) is 2. The van der Waals surface area contributed by atoms with Crippen molar-refractivity contribution in [2.75, 3.05) is 4.72 Å². The Kier molecular flexibility index (Phi) is 4.54. The second-order valence-electron chi connectivity index (χ2n) is 3.80. The Hall–Kier alpha value is -1.41. The van der Waals surface area contributed by atoms with Gasteiger partial charge in [0.25, 0.3) is 0 Å². The molecule has 0 fully saturated rings. The van der Waals surface area contributed by atoms with Crippen molar-refractivity contribution in [3.63, 3.8) is 0 Å². The number of nitrogens with one attached hydrogen (secondary N) is 1. The second kappa shape index (κ2) is 6.16. The lowest BCUT2D eigenvalue weighted by atomic mass is 10.2. The van der Waals surface area contributed by atoms with Crippen LogP contribution in [-0.4, -0.2) is 4.98 Å². The third kappa shape index (κ3) is 3.54. The highest BCUT2D eigenvalue weighted by Crippen LogP contribution is 2.29. The summed E-state index contributed by atoms with van der Waals surface area (Å²) in [6, 6.07) is 9.26. The van der Waals surface area contributed by atoms with Crippen LogP contribution in [0.5, 0.6) is 0 Å². The Labute approximate surface area is 125 Å². The van der Waals surface area contributed by atoms with Crippen molar-refractivity contribution >= 4 is 40.8 Å². The lowest BCUT2D eigenvalue weighted by Gasteiger charge is -2.08. The monoisotopic (exact) mass is 309 g/mol. The van der Waals surface area contributed by atoms with E-state index in [4.69, 9.17) is 28.5 Å². The van der Waals surface area contributed by atoms with Crippen molar-refractivity contribution in [2.45, 2.75) is 11.8 Å². The average Bonchev–Trinajstić information content (AvgIpc) is 2.40. The zero-order valence-corrected chi connectivity index (χ0v) is 12.3. The first-order valence-corrected chi connectivity index (χ1v) is 6.92. The van der Waals surface area contributed by atoms with E-state index in [1.54, 1.807) is 18.3 Å². The van der Waals surface area contributed by atoms with E-state index in [-0.39, 0.29) is 0 Å². The van der Waals surface area contributed by atoms with Crippen LogP contribution in [0.2, 0.25) is 10.0 Å². The number of nitriles is 1. The molecule has 1 heterocycles. The first kappa shape index (κ1) is 14.0. The quantitative estimate of drug-likeness (QED) is 0.836. The molecule has 0 radical (unpaired) electrons. The summed E-state index contributed by atoms with van der Waals surface area (Å²) in [7, 11) is 0. The van der Waals surface area contributed by atoms with E-state index in [0.29, 0.717) is 21.4 Å². The molecule has 0 aliphatic rings. The molecule has 1 N–H and O–H groups in total. The summed E-state index contributed by atoms with van der Waals surface area (Å²) < 4.78 is 3.10. The van der Waals surface area contributed by atoms with Crippen LogP contribution in [0, 0.1) is 18.3 Å². The van der Waals surface area contributed by atoms with E-state index in [9.17, 15) is 0 Å². The third-order valence-corrected chi connectivity index (χ3v) is 3.85. The Balaban J connectivity index is 2.16. The molecule has 0 spiro atoms. The first-order chi connectivity index (χ1) is 9.10. The fraction of sp³-hybridized carbons (Fsp3) is 0.0769. The fourth-order valence-electron chi connectivity index (χ4n) is 1.39. The Morgan fingerprint density at radius 2 is 2.05 bits per heavy atom. The molecule has 0 aliphatic carbocycles. The van der Waals surface area contributed by atoms with E-state index in [2.05, 4.69) is 9.71 Å². The first-order valence-electron chi connectivity index (χ1n) is 5.35. The standard InChI is InChI=1S/C13H9Cl2N3S/c1-8-4-12(13(6-16)17-7-8)18-19-9-2-3-10(14)11(15)5-9/h2-5,7,18H,1H3. The molecule has 0 atom stereocenters. The van der Waals surface area contributed by atoms with E-state index in [1.807, 2.05) is 25.1 Å². The van der Waals surface area contributed by atoms with E-state index in [0.717, 1.165) is 10.5 Å². The summed E-state index contributed by atoms with van der Waals surface area (Å²) in [6.07, 6.45) is 1.66. The molecule has 0 aliphatic heterocycles. The number of hydrogen-bond donors (Lipinski definition) is 1. The molecule has 96 valence electrons. The second-order valence-corrected chi connectivity index (χ2v) is 5.49. The molecule has 1 aromatic heterocycles. The Morgan fingerprint density at radius 3 is 2.74 bits per heavy atom. The van der Waals surface area contributed by atoms with Crippen LogP contribution in [0.25, 0.3) is 0 Å². The number of aryl methyl sites for hydroxylation is 1. The number of halogens is 2. The van der Waals surface area contributed by atoms with Gasteiger partial charge in [0, 0.05) is 11.1 Å². The molecule has 3 nitrogen and oxygen atoms in total. The number of anilines is 1. The lowest BCUT2D eigenvalue weighted by molar-refractivity contribution is 1.23. The molecule has 0 saturated carbocycles. The molecule has 19 heavy (non-hydrogen) atoms. The molecule has 0 bridgehead atoms. The maximum Gasteiger partial charge on any atom is 0.164 e. The van der Waals surface area contributed by atoms with Gasteiger partial charge in [0.05, 0.1) is 15.7 Å². The lowest BCUT2D eigenvalue weighted by Crippen LogP contribution is -1.94. The third-order valence-electron chi connectivity index (χ3n) is 2.30. The van der Waals surface area contributed by atoms with Crippen LogP contribution in [0.4, 0.5) is 5.69 Å². The molecule has 1 aromatic carbocycles. The highest BCUT2D eigenvalue weighted by molar-refractivity contribution is 8.00. The van der Waals surface area contributed by atoms with E-state index in [1.165, 1.54) is 11.9 Å². The summed E-state index contributed by atoms with van der Waals surface area (Å²) in [5, 5.41) is 10.00. The minimum absolute atomic E-state index is 0.359. The van der Waals surface area contributed by atoms with Crippen LogP contribution in [0.15, 0.2) is 35.4 Å². The highest BCUT2D eigenvalue weighted by atomic mass is 35.5. The zero-order valence-electron chi connectivity index (χ0n) is 9.95. The summed E-state index contributed by atoms with van der Waals surface area (Å²) in [5.74, 6) is 0. The molecule has 2 rings (SSSR count). The van der Waals surface area contributed by atoms with Crippen molar-refractivity contribution in [1.29, 1.82) is 5.26 Å². The van der Waals surface area contributed by atoms with Crippen molar-refractivity contribution in [2.24, 2.45) is 0 Å². The normalized spacial score (nSPS) is 10.0. The predicted molar refractivity (Wildman–Crippen MR) is 79.6 cm³/mol. The van der Waals surface area contributed by atoms with Crippen LogP contribution < -0.4 is 4.72 Å². The van der Waals surface area contributed by atoms with Crippen molar-refractivity contribution in [1.82, 2.24) is 4.98 Å². The maximum absolute atomic E-state index is 8.99. The van der Waals surface area contributed by atoms with E-state index >= 15 is 0 Å². The predicted octanol–water partition coefficient (Wildman–Crippen LogP) is 4.69. The van der Waals surface area contributed by atoms with Crippen molar-refractivity contribution in [3.8, 4) is 6.07 Å². The minimum Gasteiger partial charge on any atom is -0.323 e. The molecule has 0 amide bonds. The van der Waals surface area contributed by atoms with Gasteiger partial charge in [0.15, 0.2) is 5.69 Å². The van der Waals surface area contributed by atoms with Gasteiger partial charge in [-0.2, -0.15) is 5.26 Å². The van der Waals surface area contributed by atoms with Crippen LogP contribution >= 0.6 is 35.1 Å². The van der Waals surface area contributed by atoms with Crippen LogP contribution in [0.3, 0.4) is 0 Å². The molecule has 0 saturated heterocycles. The van der Waals surface area contributed by atoms with Gasteiger partial charge < -0.3 is 4.72 Å². The van der Waals surface area contributed by atoms with Crippen LogP contribution in [0.1, 0.15) is 11.3 Å². The fourth-order valence-corrected chi connectivity index (χ4v) is 2.45. The number of aromatic nitrogens is 1. The molecular formula is C13H9Cl2N3S. The number of rotatable bonds is 3. The van der Waals surface area contributed by atoms with Gasteiger partial charge in [-0.3, -0.25) is 0 Å². The SMILES string of the molecule is Cc1cnc(C#N)c(NSc2ccc(Cl)c(Cl)c2)c1. The minimum atomic E-state index is 0.359. The molecular weight excluding hydrogens is 301 g/mol. The summed E-state index contributed by atoms with van der Waals surface area (Å²) in [6.45, 7) is 1.92. The summed E-state index contributed by atoms with van der Waals surface area (Å²) in [4.78, 5) is 4.96. The van der Waals surface area contributed by atoms with Gasteiger partial charge in [-0.15, -0.1) is 0 Å². The Bertz CT molecular complexity index is 653. The van der Waals surface area contributed by atoms with Crippen molar-refractivity contribution < 1.29 is 0 Å². The van der Waals surface area contributed by atoms with Gasteiger partial charge in [-0.25, -0.2) is 4.98 Å². The van der Waals surface area contributed by atoms with Crippen molar-refractivity contribution in [3.05, 3.63) is 51.8 Å². The molecule has 2 aromatic rings.